The molecule has 1 heterocycles. The Balaban J connectivity index is 2.26. The van der Waals surface area contributed by atoms with Crippen LogP contribution in [0.25, 0.3) is 6.08 Å². The first-order valence-corrected chi connectivity index (χ1v) is 7.71. The fourth-order valence-corrected chi connectivity index (χ4v) is 3.31. The number of carbonyl (C=O) groups excluding carboxylic acids is 1. The summed E-state index contributed by atoms with van der Waals surface area (Å²) in [5.74, 6) is -0.131. The lowest BCUT2D eigenvalue weighted by Crippen LogP contribution is -2.31. The predicted octanol–water partition coefficient (Wildman–Crippen LogP) is 3.84. The van der Waals surface area contributed by atoms with Crippen LogP contribution in [0.3, 0.4) is 0 Å². The second-order valence-corrected chi connectivity index (χ2v) is 6.43. The minimum Gasteiger partial charge on any atom is -0.383 e. The molecular formula is C13H11Cl2NO2S2. The summed E-state index contributed by atoms with van der Waals surface area (Å²) in [4.78, 5) is 14.3. The van der Waals surface area contributed by atoms with Gasteiger partial charge in [-0.15, -0.1) is 0 Å². The first kappa shape index (κ1) is 15.8. The molecule has 0 unspecified atom stereocenters. The van der Waals surface area contributed by atoms with E-state index in [1.807, 2.05) is 0 Å². The van der Waals surface area contributed by atoms with Crippen molar-refractivity contribution in [3.05, 3.63) is 38.7 Å². The second kappa shape index (κ2) is 6.91. The molecule has 3 nitrogen and oxygen atoms in total. The Kier molecular flexibility index (Phi) is 5.46. The Morgan fingerprint density at radius 2 is 2.20 bits per heavy atom. The van der Waals surface area contributed by atoms with Crippen molar-refractivity contribution < 1.29 is 9.53 Å². The highest BCUT2D eigenvalue weighted by atomic mass is 35.5. The normalized spacial score (nSPS) is 17.4. The van der Waals surface area contributed by atoms with Gasteiger partial charge in [-0.05, 0) is 17.7 Å². The number of thiocarbonyl (C=S) groups is 1. The van der Waals surface area contributed by atoms with Crippen molar-refractivity contribution in [2.45, 2.75) is 0 Å². The summed E-state index contributed by atoms with van der Waals surface area (Å²) < 4.78 is 5.49. The zero-order valence-electron chi connectivity index (χ0n) is 10.6. The van der Waals surface area contributed by atoms with Crippen LogP contribution in [-0.4, -0.2) is 35.4 Å². The number of carbonyl (C=O) groups is 1. The van der Waals surface area contributed by atoms with Crippen molar-refractivity contribution in [2.24, 2.45) is 0 Å². The van der Waals surface area contributed by atoms with Crippen molar-refractivity contribution >= 4 is 63.5 Å². The summed E-state index contributed by atoms with van der Waals surface area (Å²) in [6.45, 7) is 0.888. The van der Waals surface area contributed by atoms with E-state index in [2.05, 4.69) is 0 Å². The van der Waals surface area contributed by atoms with Crippen LogP contribution in [0.1, 0.15) is 5.56 Å². The minimum atomic E-state index is -0.131. The molecule has 0 radical (unpaired) electrons. The van der Waals surface area contributed by atoms with Crippen LogP contribution in [-0.2, 0) is 9.53 Å². The van der Waals surface area contributed by atoms with Gasteiger partial charge in [0.15, 0.2) is 0 Å². The van der Waals surface area contributed by atoms with E-state index in [0.29, 0.717) is 38.0 Å². The van der Waals surface area contributed by atoms with E-state index in [-0.39, 0.29) is 5.91 Å². The molecule has 0 atom stereocenters. The first-order valence-electron chi connectivity index (χ1n) is 5.73. The van der Waals surface area contributed by atoms with Crippen LogP contribution in [0.15, 0.2) is 23.1 Å². The van der Waals surface area contributed by atoms with Gasteiger partial charge < -0.3 is 4.74 Å². The summed E-state index contributed by atoms with van der Waals surface area (Å²) in [5.41, 5.74) is 0.700. The maximum atomic E-state index is 12.2. The van der Waals surface area contributed by atoms with Crippen LogP contribution in [0.4, 0.5) is 0 Å². The standard InChI is InChI=1S/C13H11Cl2NO2S2/c1-18-6-5-16-12(17)10(20-13(16)19)7-8-3-2-4-9(14)11(8)15/h2-4,7H,5-6H2,1H3/b10-7+. The van der Waals surface area contributed by atoms with Crippen LogP contribution in [0, 0.1) is 0 Å². The van der Waals surface area contributed by atoms with E-state index >= 15 is 0 Å². The molecule has 1 amide bonds. The van der Waals surface area contributed by atoms with Gasteiger partial charge in [0.05, 0.1) is 28.1 Å². The van der Waals surface area contributed by atoms with Gasteiger partial charge in [0.25, 0.3) is 5.91 Å². The molecule has 2 rings (SSSR count). The molecule has 1 aromatic carbocycles. The van der Waals surface area contributed by atoms with Crippen LogP contribution < -0.4 is 0 Å². The van der Waals surface area contributed by atoms with E-state index in [1.165, 1.54) is 16.7 Å². The van der Waals surface area contributed by atoms with Crippen LogP contribution in [0.5, 0.6) is 0 Å². The number of hydrogen-bond donors (Lipinski definition) is 0. The fraction of sp³-hybridized carbons (Fsp3) is 0.231. The molecule has 0 bridgehead atoms. The summed E-state index contributed by atoms with van der Waals surface area (Å²) in [5, 5.41) is 0.881. The Morgan fingerprint density at radius 3 is 2.90 bits per heavy atom. The zero-order chi connectivity index (χ0) is 14.7. The second-order valence-electron chi connectivity index (χ2n) is 3.97. The summed E-state index contributed by atoms with van der Waals surface area (Å²) in [6.07, 6.45) is 1.71. The smallest absolute Gasteiger partial charge is 0.266 e. The molecule has 1 aliphatic heterocycles. The molecule has 106 valence electrons. The average molecular weight is 348 g/mol. The molecule has 7 heteroatoms. The van der Waals surface area contributed by atoms with E-state index in [4.69, 9.17) is 40.2 Å². The minimum absolute atomic E-state index is 0.131. The zero-order valence-corrected chi connectivity index (χ0v) is 13.7. The van der Waals surface area contributed by atoms with Gasteiger partial charge in [-0.1, -0.05) is 59.3 Å². The number of rotatable bonds is 4. The Bertz CT molecular complexity index is 590. The van der Waals surface area contributed by atoms with Crippen molar-refractivity contribution in [1.82, 2.24) is 4.90 Å². The van der Waals surface area contributed by atoms with E-state index in [9.17, 15) is 4.79 Å². The highest BCUT2D eigenvalue weighted by Crippen LogP contribution is 2.35. The third-order valence-electron chi connectivity index (χ3n) is 2.66. The molecule has 1 aromatic rings. The quantitative estimate of drug-likeness (QED) is 0.611. The molecule has 1 saturated heterocycles. The molecule has 0 aromatic heterocycles. The van der Waals surface area contributed by atoms with Gasteiger partial charge in [-0.2, -0.15) is 0 Å². The van der Waals surface area contributed by atoms with Gasteiger partial charge in [0, 0.05) is 7.11 Å². The van der Waals surface area contributed by atoms with Gasteiger partial charge in [-0.25, -0.2) is 0 Å². The lowest BCUT2D eigenvalue weighted by atomic mass is 10.2. The Labute approximate surface area is 136 Å². The molecular weight excluding hydrogens is 337 g/mol. The van der Waals surface area contributed by atoms with Gasteiger partial charge in [0.2, 0.25) is 0 Å². The summed E-state index contributed by atoms with van der Waals surface area (Å²) in [7, 11) is 1.58. The predicted molar refractivity (Wildman–Crippen MR) is 88.2 cm³/mol. The van der Waals surface area contributed by atoms with Gasteiger partial charge >= 0.3 is 0 Å². The Morgan fingerprint density at radius 1 is 1.45 bits per heavy atom. The number of ether oxygens (including phenoxy) is 1. The monoisotopic (exact) mass is 347 g/mol. The SMILES string of the molecule is COCCN1C(=O)/C(=C\c2cccc(Cl)c2Cl)SC1=S. The molecule has 0 saturated carbocycles. The number of benzene rings is 1. The number of methoxy groups -OCH3 is 1. The highest BCUT2D eigenvalue weighted by Gasteiger charge is 2.31. The maximum Gasteiger partial charge on any atom is 0.266 e. The largest absolute Gasteiger partial charge is 0.383 e. The molecule has 20 heavy (non-hydrogen) atoms. The van der Waals surface area contributed by atoms with Crippen molar-refractivity contribution in [3.8, 4) is 0 Å². The lowest BCUT2D eigenvalue weighted by molar-refractivity contribution is -0.122. The Hall–Kier alpha value is -0.590. The number of nitrogens with zero attached hydrogens (tertiary/aromatic N) is 1. The number of thioether (sulfide) groups is 1. The molecule has 0 N–H and O–H groups in total. The van der Waals surface area contributed by atoms with Crippen molar-refractivity contribution in [1.29, 1.82) is 0 Å². The third kappa shape index (κ3) is 3.35. The van der Waals surface area contributed by atoms with E-state index in [0.717, 1.165) is 0 Å². The van der Waals surface area contributed by atoms with Crippen molar-refractivity contribution in [2.75, 3.05) is 20.3 Å². The first-order chi connectivity index (χ1) is 9.54. The average Bonchev–Trinajstić information content (AvgIpc) is 2.68. The van der Waals surface area contributed by atoms with E-state index in [1.54, 1.807) is 31.4 Å². The van der Waals surface area contributed by atoms with Crippen molar-refractivity contribution in [3.63, 3.8) is 0 Å². The molecule has 0 spiro atoms. The molecule has 1 fully saturated rings. The number of amides is 1. The summed E-state index contributed by atoms with van der Waals surface area (Å²) in [6, 6.07) is 5.28. The van der Waals surface area contributed by atoms with Gasteiger partial charge in [-0.3, -0.25) is 9.69 Å². The maximum absolute atomic E-state index is 12.2. The third-order valence-corrected chi connectivity index (χ3v) is 4.87. The van der Waals surface area contributed by atoms with E-state index < -0.39 is 0 Å². The summed E-state index contributed by atoms with van der Waals surface area (Å²) >= 11 is 18.5. The molecule has 0 aliphatic carbocycles. The highest BCUT2D eigenvalue weighted by molar-refractivity contribution is 8.26. The number of hydrogen-bond acceptors (Lipinski definition) is 4. The van der Waals surface area contributed by atoms with Crippen LogP contribution in [0.2, 0.25) is 10.0 Å². The van der Waals surface area contributed by atoms with Crippen LogP contribution >= 0.6 is 47.2 Å². The molecule has 1 aliphatic rings. The number of halogens is 2. The van der Waals surface area contributed by atoms with Gasteiger partial charge in [0.1, 0.15) is 4.32 Å². The fourth-order valence-electron chi connectivity index (χ4n) is 1.65. The topological polar surface area (TPSA) is 29.5 Å². The lowest BCUT2D eigenvalue weighted by Gasteiger charge is -2.12.